The molecule has 3 rings (SSSR count). The summed E-state index contributed by atoms with van der Waals surface area (Å²) in [5.74, 6) is 0.902. The second-order valence-electron chi connectivity index (χ2n) is 5.61. The molecule has 138 valence electrons. The number of hydrogen-bond acceptors (Lipinski definition) is 6. The van der Waals surface area contributed by atoms with Gasteiger partial charge in [0.15, 0.2) is 5.82 Å². The van der Waals surface area contributed by atoms with Gasteiger partial charge >= 0.3 is 6.03 Å². The number of hydrogen-bond donors (Lipinski definition) is 2. The Morgan fingerprint density at radius 1 is 1.27 bits per heavy atom. The predicted molar refractivity (Wildman–Crippen MR) is 98.9 cm³/mol. The Labute approximate surface area is 156 Å². The molecule has 0 aliphatic carbocycles. The van der Waals surface area contributed by atoms with Crippen LogP contribution >= 0.6 is 11.6 Å². The number of aromatic nitrogens is 2. The van der Waals surface area contributed by atoms with Crippen molar-refractivity contribution in [3.8, 4) is 5.75 Å². The van der Waals surface area contributed by atoms with Crippen molar-refractivity contribution in [3.63, 3.8) is 0 Å². The molecule has 0 unspecified atom stereocenters. The summed E-state index contributed by atoms with van der Waals surface area (Å²) in [6, 6.07) is 4.64. The first-order valence-electron chi connectivity index (χ1n) is 8.27. The number of halogens is 1. The number of anilines is 2. The van der Waals surface area contributed by atoms with Crippen LogP contribution in [-0.4, -0.2) is 60.4 Å². The lowest BCUT2D eigenvalue weighted by Crippen LogP contribution is -2.38. The quantitative estimate of drug-likeness (QED) is 0.804. The van der Waals surface area contributed by atoms with Gasteiger partial charge < -0.3 is 14.8 Å². The monoisotopic (exact) mass is 377 g/mol. The molecule has 1 aromatic carbocycles. The van der Waals surface area contributed by atoms with Crippen molar-refractivity contribution < 1.29 is 14.3 Å². The van der Waals surface area contributed by atoms with Crippen LogP contribution in [0.5, 0.6) is 5.75 Å². The molecular formula is C17H20ClN5O3. The van der Waals surface area contributed by atoms with Crippen LogP contribution in [0.1, 0.15) is 0 Å². The van der Waals surface area contributed by atoms with Crippen molar-refractivity contribution in [2.24, 2.45) is 0 Å². The average molecular weight is 378 g/mol. The lowest BCUT2D eigenvalue weighted by Gasteiger charge is -2.26. The van der Waals surface area contributed by atoms with Gasteiger partial charge in [-0.25, -0.2) is 9.78 Å². The third-order valence-corrected chi connectivity index (χ3v) is 4.00. The number of rotatable bonds is 6. The fourth-order valence-electron chi connectivity index (χ4n) is 2.47. The molecule has 1 fully saturated rings. The molecule has 0 saturated carbocycles. The molecule has 2 heterocycles. The summed E-state index contributed by atoms with van der Waals surface area (Å²) in [5.41, 5.74) is 0.487. The number of nitrogens with zero attached hydrogens (tertiary/aromatic N) is 3. The van der Waals surface area contributed by atoms with E-state index >= 15 is 0 Å². The maximum Gasteiger partial charge on any atom is 0.325 e. The number of nitrogens with one attached hydrogen (secondary N) is 2. The van der Waals surface area contributed by atoms with Gasteiger partial charge in [0.05, 0.1) is 25.1 Å². The molecule has 26 heavy (non-hydrogen) atoms. The zero-order valence-electron chi connectivity index (χ0n) is 14.2. The Morgan fingerprint density at radius 3 is 2.88 bits per heavy atom. The summed E-state index contributed by atoms with van der Waals surface area (Å²) >= 11 is 6.04. The number of urea groups is 1. The van der Waals surface area contributed by atoms with E-state index in [0.717, 1.165) is 32.8 Å². The molecule has 1 saturated heterocycles. The molecule has 1 aromatic heterocycles. The summed E-state index contributed by atoms with van der Waals surface area (Å²) in [7, 11) is 0. The standard InChI is InChI=1S/C17H20ClN5O3/c18-13-1-2-15(26-10-7-23-5-8-25-9-6-23)14(11-13)21-17(24)22-16-12-19-3-4-20-16/h1-4,11-12H,5-10H2,(H2,20,21,22,24). The third-order valence-electron chi connectivity index (χ3n) is 3.76. The van der Waals surface area contributed by atoms with Crippen molar-refractivity contribution in [2.75, 3.05) is 50.1 Å². The van der Waals surface area contributed by atoms with E-state index in [0.29, 0.717) is 28.9 Å². The third kappa shape index (κ3) is 5.55. The Kier molecular flexibility index (Phi) is 6.59. The SMILES string of the molecule is O=C(Nc1cnccn1)Nc1cc(Cl)ccc1OCCN1CCOCC1. The molecular weight excluding hydrogens is 358 g/mol. The molecule has 2 aromatic rings. The van der Waals surface area contributed by atoms with Crippen LogP contribution in [0, 0.1) is 0 Å². The van der Waals surface area contributed by atoms with Crippen LogP contribution in [0.4, 0.5) is 16.3 Å². The first-order valence-corrected chi connectivity index (χ1v) is 8.65. The van der Waals surface area contributed by atoms with Gasteiger partial charge in [0, 0.05) is 37.1 Å². The van der Waals surface area contributed by atoms with E-state index in [1.807, 2.05) is 0 Å². The Morgan fingerprint density at radius 2 is 2.12 bits per heavy atom. The number of benzene rings is 1. The minimum Gasteiger partial charge on any atom is -0.490 e. The lowest BCUT2D eigenvalue weighted by atomic mass is 10.3. The summed E-state index contributed by atoms with van der Waals surface area (Å²) in [6.45, 7) is 4.58. The Hall–Kier alpha value is -2.42. The van der Waals surface area contributed by atoms with Crippen LogP contribution in [-0.2, 0) is 4.74 Å². The Balaban J connectivity index is 1.57. The van der Waals surface area contributed by atoms with Gasteiger partial charge in [0.25, 0.3) is 0 Å². The van der Waals surface area contributed by atoms with Crippen molar-refractivity contribution in [3.05, 3.63) is 41.8 Å². The highest BCUT2D eigenvalue weighted by molar-refractivity contribution is 6.31. The molecule has 9 heteroatoms. The van der Waals surface area contributed by atoms with E-state index in [-0.39, 0.29) is 0 Å². The molecule has 0 atom stereocenters. The number of carbonyl (C=O) groups excluding carboxylic acids is 1. The highest BCUT2D eigenvalue weighted by atomic mass is 35.5. The molecule has 2 N–H and O–H groups in total. The minimum absolute atomic E-state index is 0.349. The van der Waals surface area contributed by atoms with E-state index in [1.165, 1.54) is 18.6 Å². The largest absolute Gasteiger partial charge is 0.490 e. The van der Waals surface area contributed by atoms with Crippen LogP contribution < -0.4 is 15.4 Å². The van der Waals surface area contributed by atoms with Gasteiger partial charge in [-0.15, -0.1) is 0 Å². The van der Waals surface area contributed by atoms with Crippen LogP contribution in [0.2, 0.25) is 5.02 Å². The number of carbonyl (C=O) groups is 1. The van der Waals surface area contributed by atoms with E-state index in [1.54, 1.807) is 18.2 Å². The molecule has 0 spiro atoms. The van der Waals surface area contributed by atoms with Crippen LogP contribution in [0.3, 0.4) is 0 Å². The van der Waals surface area contributed by atoms with Crippen molar-refractivity contribution >= 4 is 29.1 Å². The van der Waals surface area contributed by atoms with Crippen molar-refractivity contribution in [1.82, 2.24) is 14.9 Å². The van der Waals surface area contributed by atoms with Gasteiger partial charge in [-0.1, -0.05) is 11.6 Å². The summed E-state index contributed by atoms with van der Waals surface area (Å²) < 4.78 is 11.2. The van der Waals surface area contributed by atoms with E-state index < -0.39 is 6.03 Å². The molecule has 8 nitrogen and oxygen atoms in total. The molecule has 1 aliphatic rings. The highest BCUT2D eigenvalue weighted by Gasteiger charge is 2.12. The lowest BCUT2D eigenvalue weighted by molar-refractivity contribution is 0.0323. The van der Waals surface area contributed by atoms with E-state index in [9.17, 15) is 4.79 Å². The normalized spacial score (nSPS) is 14.7. The maximum atomic E-state index is 12.2. The second kappa shape index (κ2) is 9.33. The fourth-order valence-corrected chi connectivity index (χ4v) is 2.64. The average Bonchev–Trinajstić information content (AvgIpc) is 2.65. The van der Waals surface area contributed by atoms with Gasteiger partial charge in [0.2, 0.25) is 0 Å². The minimum atomic E-state index is -0.453. The van der Waals surface area contributed by atoms with Crippen molar-refractivity contribution in [2.45, 2.75) is 0 Å². The molecule has 0 radical (unpaired) electrons. The predicted octanol–water partition coefficient (Wildman–Crippen LogP) is 2.49. The number of ether oxygens (including phenoxy) is 2. The highest BCUT2D eigenvalue weighted by Crippen LogP contribution is 2.28. The first-order chi connectivity index (χ1) is 12.7. The zero-order chi connectivity index (χ0) is 18.2. The number of amides is 2. The van der Waals surface area contributed by atoms with Gasteiger partial charge in [-0.05, 0) is 18.2 Å². The fraction of sp³-hybridized carbons (Fsp3) is 0.353. The van der Waals surface area contributed by atoms with Gasteiger partial charge in [0.1, 0.15) is 12.4 Å². The summed E-state index contributed by atoms with van der Waals surface area (Å²) in [6.07, 6.45) is 4.48. The summed E-state index contributed by atoms with van der Waals surface area (Å²) in [5, 5.41) is 5.83. The number of morpholine rings is 1. The molecule has 0 bridgehead atoms. The van der Waals surface area contributed by atoms with E-state index in [2.05, 4.69) is 25.5 Å². The first kappa shape index (κ1) is 18.4. The maximum absolute atomic E-state index is 12.2. The molecule has 2 amide bonds. The molecule has 1 aliphatic heterocycles. The smallest absolute Gasteiger partial charge is 0.325 e. The topological polar surface area (TPSA) is 88.6 Å². The van der Waals surface area contributed by atoms with E-state index in [4.69, 9.17) is 21.1 Å². The van der Waals surface area contributed by atoms with Gasteiger partial charge in [-0.3, -0.25) is 15.2 Å². The van der Waals surface area contributed by atoms with Crippen LogP contribution in [0.25, 0.3) is 0 Å². The van der Waals surface area contributed by atoms with Crippen LogP contribution in [0.15, 0.2) is 36.8 Å². The van der Waals surface area contributed by atoms with Gasteiger partial charge in [-0.2, -0.15) is 0 Å². The van der Waals surface area contributed by atoms with Crippen molar-refractivity contribution in [1.29, 1.82) is 0 Å². The Bertz CT molecular complexity index is 726. The zero-order valence-corrected chi connectivity index (χ0v) is 14.9. The second-order valence-corrected chi connectivity index (χ2v) is 6.05. The summed E-state index contributed by atoms with van der Waals surface area (Å²) in [4.78, 5) is 22.3.